The molecule has 5 nitrogen and oxygen atoms in total. The van der Waals surface area contributed by atoms with E-state index < -0.39 is 5.97 Å². The fraction of sp³-hybridized carbons (Fsp3) is 0.429. The summed E-state index contributed by atoms with van der Waals surface area (Å²) in [6.45, 7) is 4.62. The van der Waals surface area contributed by atoms with E-state index in [2.05, 4.69) is 0 Å². The topological polar surface area (TPSA) is 66.8 Å². The molecule has 104 valence electrons. The average Bonchev–Trinajstić information content (AvgIpc) is 2.38. The number of carbonyl (C=O) groups is 2. The van der Waals surface area contributed by atoms with E-state index in [9.17, 15) is 9.59 Å². The number of methoxy groups -OCH3 is 1. The van der Waals surface area contributed by atoms with Gasteiger partial charge in [-0.1, -0.05) is 12.1 Å². The summed E-state index contributed by atoms with van der Waals surface area (Å²) in [5.74, 6) is -1.38. The van der Waals surface area contributed by atoms with Crippen LogP contribution in [0.3, 0.4) is 0 Å². The Bertz CT molecular complexity index is 457. The smallest absolute Gasteiger partial charge is 0.336 e. The Hall–Kier alpha value is -1.88. The number of hydrogen-bond donors (Lipinski definition) is 1. The molecule has 0 saturated heterocycles. The summed E-state index contributed by atoms with van der Waals surface area (Å²) in [7, 11) is 1.56. The highest BCUT2D eigenvalue weighted by atomic mass is 16.5. The number of amides is 1. The average molecular weight is 265 g/mol. The molecule has 0 saturated carbocycles. The Morgan fingerprint density at radius 2 is 1.84 bits per heavy atom. The molecule has 0 heterocycles. The van der Waals surface area contributed by atoms with Crippen molar-refractivity contribution in [2.24, 2.45) is 0 Å². The predicted molar refractivity (Wildman–Crippen MR) is 71.4 cm³/mol. The zero-order chi connectivity index (χ0) is 14.4. The zero-order valence-corrected chi connectivity index (χ0v) is 11.4. The molecule has 1 amide bonds. The van der Waals surface area contributed by atoms with E-state index in [0.717, 1.165) is 0 Å². The predicted octanol–water partition coefficient (Wildman–Crippen LogP) is 1.88. The van der Waals surface area contributed by atoms with Crippen molar-refractivity contribution in [3.8, 4) is 0 Å². The molecule has 0 atom stereocenters. The second-order valence-electron chi connectivity index (χ2n) is 4.44. The number of carboxylic acids is 1. The highest BCUT2D eigenvalue weighted by Gasteiger charge is 2.22. The van der Waals surface area contributed by atoms with Crippen molar-refractivity contribution in [3.05, 3.63) is 35.4 Å². The minimum atomic E-state index is -1.10. The highest BCUT2D eigenvalue weighted by Crippen LogP contribution is 2.14. The highest BCUT2D eigenvalue weighted by molar-refractivity contribution is 6.04. The van der Waals surface area contributed by atoms with Crippen LogP contribution in [0.1, 0.15) is 34.6 Å². The van der Waals surface area contributed by atoms with Crippen molar-refractivity contribution in [2.75, 3.05) is 20.3 Å². The van der Waals surface area contributed by atoms with Gasteiger partial charge in [-0.25, -0.2) is 4.79 Å². The van der Waals surface area contributed by atoms with Gasteiger partial charge in [-0.2, -0.15) is 0 Å². The van der Waals surface area contributed by atoms with Crippen molar-refractivity contribution in [1.29, 1.82) is 0 Å². The summed E-state index contributed by atoms with van der Waals surface area (Å²) >= 11 is 0. The summed E-state index contributed by atoms with van der Waals surface area (Å²) in [5.41, 5.74) is 0.232. The molecule has 0 aliphatic rings. The van der Waals surface area contributed by atoms with Crippen LogP contribution in [0.25, 0.3) is 0 Å². The number of rotatable bonds is 6. The Labute approximate surface area is 112 Å². The van der Waals surface area contributed by atoms with E-state index in [1.54, 1.807) is 24.1 Å². The summed E-state index contributed by atoms with van der Waals surface area (Å²) in [4.78, 5) is 25.2. The maximum atomic E-state index is 12.4. The lowest BCUT2D eigenvalue weighted by Crippen LogP contribution is -2.39. The van der Waals surface area contributed by atoms with Crippen molar-refractivity contribution in [2.45, 2.75) is 19.9 Å². The summed E-state index contributed by atoms with van der Waals surface area (Å²) in [6.07, 6.45) is 0. The molecule has 0 unspecified atom stereocenters. The van der Waals surface area contributed by atoms with Gasteiger partial charge in [0.05, 0.1) is 17.7 Å². The lowest BCUT2D eigenvalue weighted by Gasteiger charge is -2.27. The first-order valence-electron chi connectivity index (χ1n) is 6.11. The van der Waals surface area contributed by atoms with Gasteiger partial charge in [-0.05, 0) is 26.0 Å². The molecule has 0 fully saturated rings. The van der Waals surface area contributed by atoms with Crippen molar-refractivity contribution < 1.29 is 19.4 Å². The molecule has 1 aromatic rings. The molecule has 1 rings (SSSR count). The van der Waals surface area contributed by atoms with Gasteiger partial charge in [0, 0.05) is 19.7 Å². The molecule has 0 radical (unpaired) electrons. The molecule has 0 bridgehead atoms. The Kier molecular flexibility index (Phi) is 5.51. The number of hydrogen-bond acceptors (Lipinski definition) is 3. The number of nitrogens with zero attached hydrogens (tertiary/aromatic N) is 1. The van der Waals surface area contributed by atoms with Crippen LogP contribution in [0, 0.1) is 0 Å². The number of carbonyl (C=O) groups excluding carboxylic acids is 1. The second kappa shape index (κ2) is 6.89. The molecule has 0 aliphatic heterocycles. The second-order valence-corrected chi connectivity index (χ2v) is 4.44. The number of aromatic carboxylic acids is 1. The van der Waals surface area contributed by atoms with Crippen LogP contribution in [0.15, 0.2) is 24.3 Å². The van der Waals surface area contributed by atoms with Crippen LogP contribution in [-0.4, -0.2) is 48.2 Å². The van der Waals surface area contributed by atoms with Crippen LogP contribution in [0.5, 0.6) is 0 Å². The Morgan fingerprint density at radius 3 is 2.32 bits per heavy atom. The van der Waals surface area contributed by atoms with Crippen LogP contribution in [0.4, 0.5) is 0 Å². The molecule has 1 N–H and O–H groups in total. The molecule has 0 aliphatic carbocycles. The first-order valence-corrected chi connectivity index (χ1v) is 6.11. The third-order valence-corrected chi connectivity index (χ3v) is 2.81. The summed E-state index contributed by atoms with van der Waals surface area (Å²) in [6, 6.07) is 6.21. The summed E-state index contributed by atoms with van der Waals surface area (Å²) in [5, 5.41) is 9.12. The van der Waals surface area contributed by atoms with Crippen LogP contribution < -0.4 is 0 Å². The fourth-order valence-electron chi connectivity index (χ4n) is 1.79. The van der Waals surface area contributed by atoms with Crippen LogP contribution in [0.2, 0.25) is 0 Å². The van der Waals surface area contributed by atoms with Gasteiger partial charge in [0.25, 0.3) is 5.91 Å². The maximum Gasteiger partial charge on any atom is 0.336 e. The van der Waals surface area contributed by atoms with Crippen LogP contribution >= 0.6 is 0 Å². The third kappa shape index (κ3) is 3.79. The van der Waals surface area contributed by atoms with Gasteiger partial charge in [0.15, 0.2) is 0 Å². The third-order valence-electron chi connectivity index (χ3n) is 2.81. The first-order chi connectivity index (χ1) is 8.99. The largest absolute Gasteiger partial charge is 0.478 e. The van der Waals surface area contributed by atoms with Gasteiger partial charge in [0.1, 0.15) is 0 Å². The number of benzene rings is 1. The van der Waals surface area contributed by atoms with Gasteiger partial charge in [-0.3, -0.25) is 4.79 Å². The summed E-state index contributed by atoms with van der Waals surface area (Å²) < 4.78 is 4.98. The lowest BCUT2D eigenvalue weighted by atomic mass is 10.1. The van der Waals surface area contributed by atoms with Crippen molar-refractivity contribution in [3.63, 3.8) is 0 Å². The van der Waals surface area contributed by atoms with E-state index in [1.165, 1.54) is 12.1 Å². The molecule has 5 heteroatoms. The minimum Gasteiger partial charge on any atom is -0.478 e. The SMILES string of the molecule is COCCN(C(=O)c1ccccc1C(=O)O)C(C)C. The van der Waals surface area contributed by atoms with E-state index >= 15 is 0 Å². The number of carboxylic acid groups (broad SMARTS) is 1. The van der Waals surface area contributed by atoms with E-state index in [0.29, 0.717) is 13.2 Å². The Balaban J connectivity index is 3.06. The van der Waals surface area contributed by atoms with Gasteiger partial charge in [-0.15, -0.1) is 0 Å². The minimum absolute atomic E-state index is 0.0236. The molecule has 19 heavy (non-hydrogen) atoms. The van der Waals surface area contributed by atoms with Crippen molar-refractivity contribution >= 4 is 11.9 Å². The first kappa shape index (κ1) is 15.2. The number of ether oxygens (including phenoxy) is 1. The molecular weight excluding hydrogens is 246 g/mol. The zero-order valence-electron chi connectivity index (χ0n) is 11.4. The standard InChI is InChI=1S/C14H19NO4/c1-10(2)15(8-9-19-3)13(16)11-6-4-5-7-12(11)14(17)18/h4-7,10H,8-9H2,1-3H3,(H,17,18). The van der Waals surface area contributed by atoms with Crippen LogP contribution in [-0.2, 0) is 4.74 Å². The van der Waals surface area contributed by atoms with E-state index in [4.69, 9.17) is 9.84 Å². The maximum absolute atomic E-state index is 12.4. The van der Waals surface area contributed by atoms with E-state index in [1.807, 2.05) is 13.8 Å². The lowest BCUT2D eigenvalue weighted by molar-refractivity contribution is 0.0614. The molecule has 1 aromatic carbocycles. The van der Waals surface area contributed by atoms with Gasteiger partial charge >= 0.3 is 5.97 Å². The quantitative estimate of drug-likeness (QED) is 0.852. The normalized spacial score (nSPS) is 10.5. The monoisotopic (exact) mass is 265 g/mol. The molecule has 0 spiro atoms. The van der Waals surface area contributed by atoms with Gasteiger partial charge < -0.3 is 14.7 Å². The molecular formula is C14H19NO4. The van der Waals surface area contributed by atoms with E-state index in [-0.39, 0.29) is 23.1 Å². The molecule has 0 aromatic heterocycles. The van der Waals surface area contributed by atoms with Gasteiger partial charge in [0.2, 0.25) is 0 Å². The van der Waals surface area contributed by atoms with Crippen molar-refractivity contribution in [1.82, 2.24) is 4.90 Å². The Morgan fingerprint density at radius 1 is 1.26 bits per heavy atom. The fourth-order valence-corrected chi connectivity index (χ4v) is 1.79.